The SMILES string of the molecule is Cc1nccn1-c1nccn(C(C)C)c1=O. The maximum atomic E-state index is 12.1. The molecule has 0 aliphatic heterocycles. The highest BCUT2D eigenvalue weighted by Crippen LogP contribution is 2.04. The van der Waals surface area contributed by atoms with Gasteiger partial charge in [-0.05, 0) is 20.8 Å². The van der Waals surface area contributed by atoms with Crippen LogP contribution in [0.2, 0.25) is 0 Å². The van der Waals surface area contributed by atoms with E-state index in [0.29, 0.717) is 5.82 Å². The molecule has 5 nitrogen and oxygen atoms in total. The molecule has 2 rings (SSSR count). The maximum Gasteiger partial charge on any atom is 0.294 e. The van der Waals surface area contributed by atoms with Gasteiger partial charge in [0, 0.05) is 30.8 Å². The zero-order chi connectivity index (χ0) is 11.7. The highest BCUT2D eigenvalue weighted by atomic mass is 16.1. The Bertz CT molecular complexity index is 553. The van der Waals surface area contributed by atoms with Crippen molar-refractivity contribution >= 4 is 0 Å². The van der Waals surface area contributed by atoms with Crippen molar-refractivity contribution in [2.75, 3.05) is 0 Å². The van der Waals surface area contributed by atoms with Gasteiger partial charge >= 0.3 is 0 Å². The molecule has 0 bridgehead atoms. The molecule has 0 saturated heterocycles. The third kappa shape index (κ3) is 1.64. The zero-order valence-corrected chi connectivity index (χ0v) is 9.58. The van der Waals surface area contributed by atoms with Crippen molar-refractivity contribution < 1.29 is 0 Å². The van der Waals surface area contributed by atoms with Crippen LogP contribution < -0.4 is 5.56 Å². The normalized spacial score (nSPS) is 11.0. The van der Waals surface area contributed by atoms with Crippen LogP contribution >= 0.6 is 0 Å². The number of hydrogen-bond acceptors (Lipinski definition) is 3. The van der Waals surface area contributed by atoms with E-state index in [1.807, 2.05) is 20.8 Å². The summed E-state index contributed by atoms with van der Waals surface area (Å²) in [5.41, 5.74) is -0.0985. The van der Waals surface area contributed by atoms with Crippen molar-refractivity contribution in [2.24, 2.45) is 0 Å². The monoisotopic (exact) mass is 218 g/mol. The lowest BCUT2D eigenvalue weighted by atomic mass is 10.4. The molecule has 0 amide bonds. The molecule has 0 fully saturated rings. The molecule has 0 aliphatic rings. The van der Waals surface area contributed by atoms with E-state index in [1.54, 1.807) is 33.9 Å². The topological polar surface area (TPSA) is 52.7 Å². The summed E-state index contributed by atoms with van der Waals surface area (Å²) in [4.78, 5) is 20.3. The molecule has 0 spiro atoms. The minimum atomic E-state index is -0.0985. The summed E-state index contributed by atoms with van der Waals surface area (Å²) in [6.07, 6.45) is 6.73. The predicted molar refractivity (Wildman–Crippen MR) is 60.7 cm³/mol. The van der Waals surface area contributed by atoms with E-state index < -0.39 is 0 Å². The van der Waals surface area contributed by atoms with Gasteiger partial charge in [0.25, 0.3) is 5.56 Å². The Kier molecular flexibility index (Phi) is 2.60. The van der Waals surface area contributed by atoms with Gasteiger partial charge in [-0.1, -0.05) is 0 Å². The minimum absolute atomic E-state index is 0.0985. The van der Waals surface area contributed by atoms with Crippen molar-refractivity contribution in [2.45, 2.75) is 26.8 Å². The lowest BCUT2D eigenvalue weighted by Crippen LogP contribution is -2.26. The second kappa shape index (κ2) is 3.92. The number of imidazole rings is 1. The molecule has 0 saturated carbocycles. The quantitative estimate of drug-likeness (QED) is 0.763. The lowest BCUT2D eigenvalue weighted by molar-refractivity contribution is 0.569. The van der Waals surface area contributed by atoms with Gasteiger partial charge in [-0.25, -0.2) is 9.97 Å². The van der Waals surface area contributed by atoms with Crippen molar-refractivity contribution in [1.82, 2.24) is 19.1 Å². The zero-order valence-electron chi connectivity index (χ0n) is 9.58. The Morgan fingerprint density at radius 1 is 1.19 bits per heavy atom. The summed E-state index contributed by atoms with van der Waals surface area (Å²) in [7, 11) is 0. The maximum absolute atomic E-state index is 12.1. The molecule has 0 N–H and O–H groups in total. The fraction of sp³-hybridized carbons (Fsp3) is 0.364. The molecule has 5 heteroatoms. The molecule has 2 heterocycles. The summed E-state index contributed by atoms with van der Waals surface area (Å²) in [5, 5.41) is 0. The van der Waals surface area contributed by atoms with Crippen LogP contribution in [0.25, 0.3) is 5.82 Å². The lowest BCUT2D eigenvalue weighted by Gasteiger charge is -2.11. The van der Waals surface area contributed by atoms with Crippen LogP contribution in [0.1, 0.15) is 25.7 Å². The summed E-state index contributed by atoms with van der Waals surface area (Å²) in [6, 6.07) is 0.123. The van der Waals surface area contributed by atoms with Crippen LogP contribution in [-0.4, -0.2) is 19.1 Å². The number of rotatable bonds is 2. The first-order chi connectivity index (χ1) is 7.61. The van der Waals surface area contributed by atoms with Gasteiger partial charge in [0.05, 0.1) is 0 Å². The smallest absolute Gasteiger partial charge is 0.294 e. The Morgan fingerprint density at radius 2 is 1.88 bits per heavy atom. The minimum Gasteiger partial charge on any atom is -0.308 e. The van der Waals surface area contributed by atoms with E-state index in [2.05, 4.69) is 9.97 Å². The summed E-state index contributed by atoms with van der Waals surface area (Å²) < 4.78 is 3.35. The Hall–Kier alpha value is -1.91. The Balaban J connectivity index is 2.64. The molecule has 0 unspecified atom stereocenters. The van der Waals surface area contributed by atoms with Crippen LogP contribution in [0.4, 0.5) is 0 Å². The van der Waals surface area contributed by atoms with Crippen LogP contribution in [0.5, 0.6) is 0 Å². The molecule has 0 aliphatic carbocycles. The molecule has 2 aromatic rings. The third-order valence-electron chi connectivity index (χ3n) is 2.46. The van der Waals surface area contributed by atoms with Gasteiger partial charge in [-0.3, -0.25) is 9.36 Å². The van der Waals surface area contributed by atoms with E-state index in [1.165, 1.54) is 0 Å². The largest absolute Gasteiger partial charge is 0.308 e. The van der Waals surface area contributed by atoms with E-state index in [4.69, 9.17) is 0 Å². The molecule has 16 heavy (non-hydrogen) atoms. The Labute approximate surface area is 93.4 Å². The number of hydrogen-bond donors (Lipinski definition) is 0. The van der Waals surface area contributed by atoms with Crippen LogP contribution in [-0.2, 0) is 0 Å². The molecule has 84 valence electrons. The van der Waals surface area contributed by atoms with Crippen molar-refractivity contribution in [3.8, 4) is 5.82 Å². The second-order valence-corrected chi connectivity index (χ2v) is 3.90. The van der Waals surface area contributed by atoms with E-state index in [-0.39, 0.29) is 11.6 Å². The number of aryl methyl sites for hydroxylation is 1. The van der Waals surface area contributed by atoms with Gasteiger partial charge in [0.15, 0.2) is 0 Å². The second-order valence-electron chi connectivity index (χ2n) is 3.90. The number of aromatic nitrogens is 4. The van der Waals surface area contributed by atoms with E-state index in [0.717, 1.165) is 5.82 Å². The number of nitrogens with zero attached hydrogens (tertiary/aromatic N) is 4. The average molecular weight is 218 g/mol. The van der Waals surface area contributed by atoms with Crippen LogP contribution in [0, 0.1) is 6.92 Å². The predicted octanol–water partition coefficient (Wildman–Crippen LogP) is 1.32. The highest BCUT2D eigenvalue weighted by Gasteiger charge is 2.10. The first-order valence-corrected chi connectivity index (χ1v) is 5.18. The van der Waals surface area contributed by atoms with Crippen molar-refractivity contribution in [3.63, 3.8) is 0 Å². The summed E-state index contributed by atoms with van der Waals surface area (Å²) >= 11 is 0. The third-order valence-corrected chi connectivity index (χ3v) is 2.46. The summed E-state index contributed by atoms with van der Waals surface area (Å²) in [5.74, 6) is 1.15. The molecular formula is C11H14N4O. The Morgan fingerprint density at radius 3 is 2.44 bits per heavy atom. The average Bonchev–Trinajstić information content (AvgIpc) is 2.64. The molecule has 0 aromatic carbocycles. The van der Waals surface area contributed by atoms with Crippen molar-refractivity contribution in [3.05, 3.63) is 41.0 Å². The first-order valence-electron chi connectivity index (χ1n) is 5.18. The fourth-order valence-electron chi connectivity index (χ4n) is 1.59. The molecule has 0 radical (unpaired) electrons. The van der Waals surface area contributed by atoms with Gasteiger partial charge in [0.1, 0.15) is 5.82 Å². The van der Waals surface area contributed by atoms with E-state index in [9.17, 15) is 4.79 Å². The summed E-state index contributed by atoms with van der Waals surface area (Å²) in [6.45, 7) is 5.77. The van der Waals surface area contributed by atoms with Gasteiger partial charge in [-0.2, -0.15) is 0 Å². The van der Waals surface area contributed by atoms with Crippen molar-refractivity contribution in [1.29, 1.82) is 0 Å². The highest BCUT2D eigenvalue weighted by molar-refractivity contribution is 5.21. The van der Waals surface area contributed by atoms with Gasteiger partial charge in [-0.15, -0.1) is 0 Å². The molecular weight excluding hydrogens is 204 g/mol. The van der Waals surface area contributed by atoms with Crippen LogP contribution in [0.3, 0.4) is 0 Å². The molecule has 2 aromatic heterocycles. The van der Waals surface area contributed by atoms with Gasteiger partial charge < -0.3 is 4.57 Å². The molecule has 0 atom stereocenters. The standard InChI is InChI=1S/C11H14N4O/c1-8(2)14-6-5-13-10(11(14)16)15-7-4-12-9(15)3/h4-8H,1-3H3. The first kappa shape index (κ1) is 10.6. The van der Waals surface area contributed by atoms with E-state index >= 15 is 0 Å². The fourth-order valence-corrected chi connectivity index (χ4v) is 1.59. The van der Waals surface area contributed by atoms with Crippen LogP contribution in [0.15, 0.2) is 29.6 Å². The van der Waals surface area contributed by atoms with Gasteiger partial charge in [0.2, 0.25) is 5.82 Å².